The number of hydrogen-bond donors (Lipinski definition) is 1. The van der Waals surface area contributed by atoms with Crippen LogP contribution in [0.5, 0.6) is 11.5 Å². The number of fused-ring (bicyclic) bond motifs is 4. The van der Waals surface area contributed by atoms with Crippen molar-refractivity contribution < 1.29 is 9.53 Å². The number of rotatable bonds is 4. The van der Waals surface area contributed by atoms with Gasteiger partial charge in [-0.1, -0.05) is 29.8 Å². The molecule has 2 fully saturated rings. The molecule has 35 heavy (non-hydrogen) atoms. The van der Waals surface area contributed by atoms with Gasteiger partial charge in [-0.3, -0.25) is 9.78 Å². The highest BCUT2D eigenvalue weighted by Gasteiger charge is 2.35. The number of amides is 1. The molecule has 1 aromatic heterocycles. The fourth-order valence-electron chi connectivity index (χ4n) is 5.98. The molecule has 0 spiro atoms. The van der Waals surface area contributed by atoms with Gasteiger partial charge in [0.25, 0.3) is 5.91 Å². The number of ether oxygens (including phenoxy) is 1. The zero-order chi connectivity index (χ0) is 23.9. The van der Waals surface area contributed by atoms with E-state index in [1.807, 2.05) is 43.1 Å². The van der Waals surface area contributed by atoms with Crippen LogP contribution in [-0.2, 0) is 0 Å². The van der Waals surface area contributed by atoms with Crippen LogP contribution in [-0.4, -0.2) is 41.0 Å². The van der Waals surface area contributed by atoms with Gasteiger partial charge in [0.1, 0.15) is 11.5 Å². The predicted octanol–water partition coefficient (Wildman–Crippen LogP) is 6.05. The van der Waals surface area contributed by atoms with Gasteiger partial charge in [-0.05, 0) is 69.4 Å². The van der Waals surface area contributed by atoms with Crippen LogP contribution in [0, 0.1) is 0 Å². The molecule has 2 atom stereocenters. The Balaban J connectivity index is 1.53. The number of nitrogens with zero attached hydrogens (tertiary/aromatic N) is 2. The molecule has 0 radical (unpaired) electrons. The van der Waals surface area contributed by atoms with E-state index in [0.29, 0.717) is 30.7 Å². The first-order chi connectivity index (χ1) is 17.2. The molecule has 0 aliphatic carbocycles. The van der Waals surface area contributed by atoms with Crippen LogP contribution < -0.4 is 10.1 Å². The Bertz CT molecular complexity index is 1300. The normalized spacial score (nSPS) is 20.2. The van der Waals surface area contributed by atoms with Crippen molar-refractivity contribution in [3.05, 3.63) is 83.2 Å². The SMILES string of the molecule is CCN(CC)C(=O)c1ccc2c(c1)Oc1c(cccc1-c1cccnc1)C2=C1CC2CCC(C1)N2. The van der Waals surface area contributed by atoms with Crippen LogP contribution in [0.25, 0.3) is 16.7 Å². The average Bonchev–Trinajstić information content (AvgIpc) is 3.24. The number of hydrogen-bond acceptors (Lipinski definition) is 4. The van der Waals surface area contributed by atoms with Crippen LogP contribution in [0.15, 0.2) is 66.5 Å². The molecule has 4 heterocycles. The number of aromatic nitrogens is 1. The molecule has 2 bridgehead atoms. The topological polar surface area (TPSA) is 54.5 Å². The number of carbonyl (C=O) groups excluding carboxylic acids is 1. The standard InChI is InChI=1S/C30H31N3O2/c1-3-33(4-2)30(34)19-10-13-25-27(17-19)35-29-24(20-7-6-14-31-18-20)8-5-9-26(29)28(25)21-15-22-11-12-23(16-21)32-22/h5-10,13-14,17-18,22-23,32H,3-4,11-12,15-16H2,1-2H3. The lowest BCUT2D eigenvalue weighted by Gasteiger charge is -2.31. The molecule has 5 heteroatoms. The van der Waals surface area contributed by atoms with Crippen LogP contribution in [0.4, 0.5) is 0 Å². The fraction of sp³-hybridized carbons (Fsp3) is 0.333. The highest BCUT2D eigenvalue weighted by atomic mass is 16.5. The smallest absolute Gasteiger partial charge is 0.253 e. The van der Waals surface area contributed by atoms with Gasteiger partial charge in [-0.25, -0.2) is 0 Å². The maximum absolute atomic E-state index is 13.1. The van der Waals surface area contributed by atoms with E-state index in [1.165, 1.54) is 24.0 Å². The van der Waals surface area contributed by atoms with Gasteiger partial charge in [0.2, 0.25) is 0 Å². The van der Waals surface area contributed by atoms with E-state index in [0.717, 1.165) is 46.6 Å². The van der Waals surface area contributed by atoms with E-state index in [2.05, 4.69) is 40.6 Å². The van der Waals surface area contributed by atoms with E-state index in [1.54, 1.807) is 6.20 Å². The summed E-state index contributed by atoms with van der Waals surface area (Å²) >= 11 is 0. The molecule has 2 unspecified atom stereocenters. The van der Waals surface area contributed by atoms with Gasteiger partial charge >= 0.3 is 0 Å². The number of para-hydroxylation sites is 1. The van der Waals surface area contributed by atoms with E-state index in [9.17, 15) is 4.79 Å². The molecule has 3 aromatic rings. The van der Waals surface area contributed by atoms with E-state index < -0.39 is 0 Å². The quantitative estimate of drug-likeness (QED) is 0.398. The Morgan fingerprint density at radius 2 is 1.77 bits per heavy atom. The summed E-state index contributed by atoms with van der Waals surface area (Å²) in [4.78, 5) is 19.3. The molecular weight excluding hydrogens is 434 g/mol. The zero-order valence-electron chi connectivity index (χ0n) is 20.4. The van der Waals surface area contributed by atoms with Crippen molar-refractivity contribution in [3.8, 4) is 22.6 Å². The summed E-state index contributed by atoms with van der Waals surface area (Å²) < 4.78 is 6.64. The maximum atomic E-state index is 13.1. The van der Waals surface area contributed by atoms with Crippen LogP contribution in [0.2, 0.25) is 0 Å². The van der Waals surface area contributed by atoms with Crippen LogP contribution in [0.1, 0.15) is 61.0 Å². The van der Waals surface area contributed by atoms with Crippen LogP contribution in [0.3, 0.4) is 0 Å². The number of benzene rings is 2. The van der Waals surface area contributed by atoms with Crippen molar-refractivity contribution >= 4 is 11.5 Å². The monoisotopic (exact) mass is 465 g/mol. The second-order valence-corrected chi connectivity index (χ2v) is 9.74. The summed E-state index contributed by atoms with van der Waals surface area (Å²) in [5.41, 5.74) is 7.73. The largest absolute Gasteiger partial charge is 0.455 e. The first kappa shape index (κ1) is 22.1. The van der Waals surface area contributed by atoms with Crippen molar-refractivity contribution in [3.63, 3.8) is 0 Å². The molecule has 3 aliphatic heterocycles. The van der Waals surface area contributed by atoms with Gasteiger partial charge in [0, 0.05) is 65.4 Å². The van der Waals surface area contributed by atoms with Crippen molar-refractivity contribution in [2.24, 2.45) is 0 Å². The molecule has 5 nitrogen and oxygen atoms in total. The third-order valence-electron chi connectivity index (χ3n) is 7.69. The Labute approximate surface area is 206 Å². The third-order valence-corrected chi connectivity index (χ3v) is 7.69. The van der Waals surface area contributed by atoms with Crippen molar-refractivity contribution in [1.29, 1.82) is 0 Å². The summed E-state index contributed by atoms with van der Waals surface area (Å²) in [5, 5.41) is 3.77. The molecular formula is C30H31N3O2. The van der Waals surface area contributed by atoms with E-state index >= 15 is 0 Å². The maximum Gasteiger partial charge on any atom is 0.253 e. The van der Waals surface area contributed by atoms with E-state index in [4.69, 9.17) is 4.74 Å². The van der Waals surface area contributed by atoms with Gasteiger partial charge in [-0.15, -0.1) is 0 Å². The minimum Gasteiger partial charge on any atom is -0.455 e. The average molecular weight is 466 g/mol. The van der Waals surface area contributed by atoms with Gasteiger partial charge in [0.05, 0.1) is 0 Å². The summed E-state index contributed by atoms with van der Waals surface area (Å²) in [6.45, 7) is 5.40. The summed E-state index contributed by atoms with van der Waals surface area (Å²) in [5.74, 6) is 1.66. The first-order valence-corrected chi connectivity index (χ1v) is 12.8. The van der Waals surface area contributed by atoms with Crippen molar-refractivity contribution in [2.45, 2.75) is 51.6 Å². The molecule has 2 aromatic carbocycles. The van der Waals surface area contributed by atoms with Crippen molar-refractivity contribution in [1.82, 2.24) is 15.2 Å². The van der Waals surface area contributed by atoms with Gasteiger partial charge < -0.3 is 15.0 Å². The molecule has 3 aliphatic rings. The number of nitrogens with one attached hydrogen (secondary N) is 1. The number of carbonyl (C=O) groups is 1. The Morgan fingerprint density at radius 1 is 1.00 bits per heavy atom. The Hall–Kier alpha value is -3.44. The Kier molecular flexibility index (Phi) is 5.65. The molecule has 0 saturated carbocycles. The fourth-order valence-corrected chi connectivity index (χ4v) is 5.98. The lowest BCUT2D eigenvalue weighted by atomic mass is 9.83. The highest BCUT2D eigenvalue weighted by molar-refractivity contribution is 5.98. The van der Waals surface area contributed by atoms with Crippen molar-refractivity contribution in [2.75, 3.05) is 13.1 Å². The lowest BCUT2D eigenvalue weighted by Crippen LogP contribution is -2.35. The second kappa shape index (κ2) is 8.97. The summed E-state index contributed by atoms with van der Waals surface area (Å²) in [7, 11) is 0. The minimum absolute atomic E-state index is 0.0434. The van der Waals surface area contributed by atoms with Gasteiger partial charge in [-0.2, -0.15) is 0 Å². The number of pyridine rings is 1. The van der Waals surface area contributed by atoms with Crippen LogP contribution >= 0.6 is 0 Å². The highest BCUT2D eigenvalue weighted by Crippen LogP contribution is 2.51. The Morgan fingerprint density at radius 3 is 2.49 bits per heavy atom. The molecule has 1 N–H and O–H groups in total. The number of piperidine rings is 1. The minimum atomic E-state index is 0.0434. The molecule has 1 amide bonds. The molecule has 2 saturated heterocycles. The third kappa shape index (κ3) is 3.84. The molecule has 178 valence electrons. The first-order valence-electron chi connectivity index (χ1n) is 12.8. The van der Waals surface area contributed by atoms with Gasteiger partial charge in [0.15, 0.2) is 0 Å². The zero-order valence-corrected chi connectivity index (χ0v) is 20.4. The summed E-state index contributed by atoms with van der Waals surface area (Å²) in [6, 6.07) is 17.5. The van der Waals surface area contributed by atoms with E-state index in [-0.39, 0.29) is 5.91 Å². The second-order valence-electron chi connectivity index (χ2n) is 9.74. The predicted molar refractivity (Wildman–Crippen MR) is 139 cm³/mol. The summed E-state index contributed by atoms with van der Waals surface area (Å²) in [6.07, 6.45) is 8.27. The lowest BCUT2D eigenvalue weighted by molar-refractivity contribution is 0.0772. The molecule has 6 rings (SSSR count).